The first kappa shape index (κ1) is 8.20. The summed E-state index contributed by atoms with van der Waals surface area (Å²) >= 11 is 0. The lowest BCUT2D eigenvalue weighted by atomic mass is 9.81. The summed E-state index contributed by atoms with van der Waals surface area (Å²) in [5, 5.41) is 0. The van der Waals surface area contributed by atoms with Gasteiger partial charge < -0.3 is 0 Å². The SMILES string of the molecule is O=C1CCC2(CCCOO2)CC1. The second-order valence-corrected chi connectivity index (χ2v) is 3.73. The molecule has 0 bridgehead atoms. The van der Waals surface area contributed by atoms with E-state index in [4.69, 9.17) is 9.78 Å². The first-order valence-corrected chi connectivity index (χ1v) is 4.63. The molecule has 0 radical (unpaired) electrons. The van der Waals surface area contributed by atoms with Crippen LogP contribution in [0.5, 0.6) is 0 Å². The van der Waals surface area contributed by atoms with Crippen LogP contribution in [0.1, 0.15) is 38.5 Å². The van der Waals surface area contributed by atoms with Crippen LogP contribution in [0.15, 0.2) is 0 Å². The van der Waals surface area contributed by atoms with Crippen LogP contribution in [0, 0.1) is 0 Å². The molecule has 1 aliphatic carbocycles. The van der Waals surface area contributed by atoms with Crippen molar-refractivity contribution in [3.63, 3.8) is 0 Å². The fourth-order valence-electron chi connectivity index (χ4n) is 1.98. The van der Waals surface area contributed by atoms with Crippen LogP contribution in [-0.2, 0) is 14.6 Å². The fraction of sp³-hybridized carbons (Fsp3) is 0.889. The molecule has 1 aliphatic heterocycles. The van der Waals surface area contributed by atoms with Gasteiger partial charge in [-0.15, -0.1) is 0 Å². The summed E-state index contributed by atoms with van der Waals surface area (Å²) in [6.45, 7) is 0.704. The molecule has 1 saturated heterocycles. The Bertz CT molecular complexity index is 170. The third-order valence-electron chi connectivity index (χ3n) is 2.81. The Morgan fingerprint density at radius 3 is 2.50 bits per heavy atom. The Labute approximate surface area is 72.0 Å². The fourth-order valence-corrected chi connectivity index (χ4v) is 1.98. The average molecular weight is 170 g/mol. The van der Waals surface area contributed by atoms with Gasteiger partial charge in [-0.1, -0.05) is 0 Å². The molecule has 1 spiro atoms. The second-order valence-electron chi connectivity index (χ2n) is 3.73. The summed E-state index contributed by atoms with van der Waals surface area (Å²) in [6, 6.07) is 0. The van der Waals surface area contributed by atoms with Crippen LogP contribution in [0.4, 0.5) is 0 Å². The van der Waals surface area contributed by atoms with E-state index < -0.39 is 0 Å². The molecule has 12 heavy (non-hydrogen) atoms. The van der Waals surface area contributed by atoms with Crippen LogP contribution in [0.2, 0.25) is 0 Å². The van der Waals surface area contributed by atoms with Crippen molar-refractivity contribution >= 4 is 5.78 Å². The zero-order valence-corrected chi connectivity index (χ0v) is 7.17. The van der Waals surface area contributed by atoms with Gasteiger partial charge in [0.1, 0.15) is 11.4 Å². The minimum absolute atomic E-state index is 0.105. The molecule has 0 amide bonds. The Morgan fingerprint density at radius 2 is 1.92 bits per heavy atom. The van der Waals surface area contributed by atoms with E-state index in [0.717, 1.165) is 25.7 Å². The van der Waals surface area contributed by atoms with Crippen LogP contribution in [0.25, 0.3) is 0 Å². The normalized spacial score (nSPS) is 29.2. The van der Waals surface area contributed by atoms with E-state index in [1.54, 1.807) is 0 Å². The third-order valence-corrected chi connectivity index (χ3v) is 2.81. The van der Waals surface area contributed by atoms with E-state index in [-0.39, 0.29) is 5.60 Å². The molecule has 1 saturated carbocycles. The minimum atomic E-state index is -0.105. The summed E-state index contributed by atoms with van der Waals surface area (Å²) in [5.41, 5.74) is -0.105. The van der Waals surface area contributed by atoms with Gasteiger partial charge in [0.25, 0.3) is 0 Å². The van der Waals surface area contributed by atoms with Crippen molar-refractivity contribution in [3.8, 4) is 0 Å². The van der Waals surface area contributed by atoms with Crippen LogP contribution in [-0.4, -0.2) is 18.0 Å². The van der Waals surface area contributed by atoms with Gasteiger partial charge in [-0.05, 0) is 25.7 Å². The summed E-state index contributed by atoms with van der Waals surface area (Å²) in [5.74, 6) is 0.370. The number of ketones is 1. The predicted octanol–water partition coefficient (Wildman–Crippen LogP) is 1.61. The highest BCUT2D eigenvalue weighted by Gasteiger charge is 2.38. The minimum Gasteiger partial charge on any atom is -0.300 e. The lowest BCUT2D eigenvalue weighted by Crippen LogP contribution is -2.40. The van der Waals surface area contributed by atoms with E-state index >= 15 is 0 Å². The Morgan fingerprint density at radius 1 is 1.17 bits per heavy atom. The topological polar surface area (TPSA) is 35.5 Å². The molecule has 0 unspecified atom stereocenters. The number of carbonyl (C=O) groups excluding carboxylic acids is 1. The summed E-state index contributed by atoms with van der Waals surface area (Å²) in [4.78, 5) is 21.3. The summed E-state index contributed by atoms with van der Waals surface area (Å²) in [7, 11) is 0. The molecule has 0 N–H and O–H groups in total. The average Bonchev–Trinajstić information content (AvgIpc) is 2.13. The van der Waals surface area contributed by atoms with E-state index in [2.05, 4.69) is 0 Å². The maximum Gasteiger partial charge on any atom is 0.133 e. The highest BCUT2D eigenvalue weighted by molar-refractivity contribution is 5.79. The number of carbonyl (C=O) groups is 1. The molecular weight excluding hydrogens is 156 g/mol. The molecule has 68 valence electrons. The van der Waals surface area contributed by atoms with Crippen molar-refractivity contribution in [2.45, 2.75) is 44.1 Å². The van der Waals surface area contributed by atoms with Crippen molar-refractivity contribution in [2.24, 2.45) is 0 Å². The van der Waals surface area contributed by atoms with Crippen LogP contribution >= 0.6 is 0 Å². The molecule has 1 heterocycles. The molecule has 3 nitrogen and oxygen atoms in total. The van der Waals surface area contributed by atoms with Gasteiger partial charge in [0.2, 0.25) is 0 Å². The van der Waals surface area contributed by atoms with Crippen molar-refractivity contribution in [1.29, 1.82) is 0 Å². The third kappa shape index (κ3) is 1.52. The van der Waals surface area contributed by atoms with Crippen molar-refractivity contribution in [3.05, 3.63) is 0 Å². The smallest absolute Gasteiger partial charge is 0.133 e. The summed E-state index contributed by atoms with van der Waals surface area (Å²) < 4.78 is 0. The molecule has 2 aliphatic rings. The van der Waals surface area contributed by atoms with Gasteiger partial charge in [-0.3, -0.25) is 4.79 Å². The molecule has 2 rings (SSSR count). The zero-order valence-electron chi connectivity index (χ0n) is 7.17. The van der Waals surface area contributed by atoms with Gasteiger partial charge in [0.15, 0.2) is 0 Å². The number of hydrogen-bond acceptors (Lipinski definition) is 3. The Kier molecular flexibility index (Phi) is 2.15. The van der Waals surface area contributed by atoms with Crippen molar-refractivity contribution < 1.29 is 14.6 Å². The monoisotopic (exact) mass is 170 g/mol. The largest absolute Gasteiger partial charge is 0.300 e. The highest BCUT2D eigenvalue weighted by Crippen LogP contribution is 2.36. The first-order chi connectivity index (χ1) is 5.81. The lowest BCUT2D eigenvalue weighted by molar-refractivity contribution is -0.387. The maximum atomic E-state index is 11.0. The number of Topliss-reactive ketones (excluding diaryl/α,β-unsaturated/α-hetero) is 1. The first-order valence-electron chi connectivity index (χ1n) is 4.63. The van der Waals surface area contributed by atoms with Crippen LogP contribution < -0.4 is 0 Å². The van der Waals surface area contributed by atoms with Crippen molar-refractivity contribution in [1.82, 2.24) is 0 Å². The quantitative estimate of drug-likeness (QED) is 0.518. The van der Waals surface area contributed by atoms with E-state index in [1.165, 1.54) is 0 Å². The van der Waals surface area contributed by atoms with Gasteiger partial charge in [-0.25, -0.2) is 9.78 Å². The molecular formula is C9H14O3. The van der Waals surface area contributed by atoms with E-state index in [9.17, 15) is 4.79 Å². The van der Waals surface area contributed by atoms with Gasteiger partial charge in [0, 0.05) is 12.8 Å². The van der Waals surface area contributed by atoms with Gasteiger partial charge in [0.05, 0.1) is 6.61 Å². The standard InChI is InChI=1S/C9H14O3/c10-8-2-5-9(6-3-8)4-1-7-11-12-9/h1-7H2. The second kappa shape index (κ2) is 3.15. The lowest BCUT2D eigenvalue weighted by Gasteiger charge is -2.37. The van der Waals surface area contributed by atoms with Gasteiger partial charge >= 0.3 is 0 Å². The van der Waals surface area contributed by atoms with E-state index in [1.807, 2.05) is 0 Å². The van der Waals surface area contributed by atoms with Gasteiger partial charge in [-0.2, -0.15) is 0 Å². The number of rotatable bonds is 0. The van der Waals surface area contributed by atoms with E-state index in [0.29, 0.717) is 25.2 Å². The summed E-state index contributed by atoms with van der Waals surface area (Å²) in [6.07, 6.45) is 5.17. The molecule has 0 aromatic heterocycles. The molecule has 0 atom stereocenters. The maximum absolute atomic E-state index is 11.0. The van der Waals surface area contributed by atoms with Crippen LogP contribution in [0.3, 0.4) is 0 Å². The molecule has 2 fully saturated rings. The molecule has 3 heteroatoms. The molecule has 0 aromatic carbocycles. The Balaban J connectivity index is 1.96. The predicted molar refractivity (Wildman–Crippen MR) is 42.5 cm³/mol. The Hall–Kier alpha value is -0.410. The van der Waals surface area contributed by atoms with Crippen molar-refractivity contribution in [2.75, 3.05) is 6.61 Å². The number of hydrogen-bond donors (Lipinski definition) is 0. The molecule has 0 aromatic rings. The zero-order chi connectivity index (χ0) is 8.44. The highest BCUT2D eigenvalue weighted by atomic mass is 17.2.